The Hall–Kier alpha value is -0.720. The van der Waals surface area contributed by atoms with Gasteiger partial charge in [0.1, 0.15) is 5.15 Å². The van der Waals surface area contributed by atoms with E-state index >= 15 is 0 Å². The van der Waals surface area contributed by atoms with Crippen molar-refractivity contribution in [2.75, 3.05) is 13.1 Å². The average Bonchev–Trinajstić information content (AvgIpc) is 2.33. The van der Waals surface area contributed by atoms with E-state index in [9.17, 15) is 8.42 Å². The van der Waals surface area contributed by atoms with Gasteiger partial charge in [0.05, 0.1) is 5.25 Å². The third-order valence-electron chi connectivity index (χ3n) is 2.83. The summed E-state index contributed by atoms with van der Waals surface area (Å²) >= 11 is 5.83. The molecule has 94 valence electrons. The Balaban J connectivity index is 2.33. The average molecular weight is 276 g/mol. The predicted octanol–water partition coefficient (Wildman–Crippen LogP) is 0.964. The molecule has 1 aliphatic rings. The summed E-state index contributed by atoms with van der Waals surface area (Å²) in [5, 5.41) is 2.65. The van der Waals surface area contributed by atoms with Crippen LogP contribution < -0.4 is 5.32 Å². The summed E-state index contributed by atoms with van der Waals surface area (Å²) in [5.41, 5.74) is 0.674. The van der Waals surface area contributed by atoms with E-state index in [-0.39, 0.29) is 10.3 Å². The molecule has 1 aromatic rings. The van der Waals surface area contributed by atoms with Crippen LogP contribution >= 0.6 is 11.6 Å². The van der Waals surface area contributed by atoms with Crippen LogP contribution in [0.4, 0.5) is 0 Å². The molecule has 5 nitrogen and oxygen atoms in total. The molecule has 1 saturated heterocycles. The molecule has 0 spiro atoms. The Morgan fingerprint density at radius 2 is 2.29 bits per heavy atom. The van der Waals surface area contributed by atoms with E-state index in [2.05, 4.69) is 15.3 Å². The molecule has 0 bridgehead atoms. The zero-order chi connectivity index (χ0) is 12.5. The fourth-order valence-corrected chi connectivity index (χ4v) is 3.49. The van der Waals surface area contributed by atoms with Crippen molar-refractivity contribution in [2.24, 2.45) is 0 Å². The third kappa shape index (κ3) is 2.59. The number of hydrogen-bond donors (Lipinski definition) is 1. The summed E-state index contributed by atoms with van der Waals surface area (Å²) in [6, 6.07) is 0. The highest BCUT2D eigenvalue weighted by Crippen LogP contribution is 2.20. The summed E-state index contributed by atoms with van der Waals surface area (Å²) in [6.07, 6.45) is 2.94. The predicted molar refractivity (Wildman–Crippen MR) is 64.9 cm³/mol. The van der Waals surface area contributed by atoms with Gasteiger partial charge in [-0.25, -0.2) is 18.4 Å². The second kappa shape index (κ2) is 4.88. The minimum Gasteiger partial charge on any atom is -0.315 e. The molecule has 1 fully saturated rings. The summed E-state index contributed by atoms with van der Waals surface area (Å²) in [4.78, 5) is 7.73. The maximum atomic E-state index is 12.2. The van der Waals surface area contributed by atoms with Gasteiger partial charge in [-0.05, 0) is 26.3 Å². The second-order valence-corrected chi connectivity index (χ2v) is 6.62. The number of hydrogen-bond acceptors (Lipinski definition) is 5. The van der Waals surface area contributed by atoms with E-state index in [1.807, 2.05) is 0 Å². The second-order valence-electron chi connectivity index (χ2n) is 4.14. The van der Waals surface area contributed by atoms with Crippen LogP contribution in [0.1, 0.15) is 18.4 Å². The molecular formula is C10H14ClN3O2S. The van der Waals surface area contributed by atoms with E-state index in [1.54, 1.807) is 6.92 Å². The standard InChI is InChI=1S/C10H14ClN3O2S/c1-7-5-13-10(14-9(7)11)17(15,16)8-3-2-4-12-6-8/h5,8,12H,2-4,6H2,1H3/t8-/m1/s1. The van der Waals surface area contributed by atoms with E-state index in [1.165, 1.54) is 6.20 Å². The first-order valence-electron chi connectivity index (χ1n) is 5.45. The van der Waals surface area contributed by atoms with Crippen LogP contribution in [-0.2, 0) is 9.84 Å². The van der Waals surface area contributed by atoms with Crippen molar-refractivity contribution < 1.29 is 8.42 Å². The molecule has 1 atom stereocenters. The Morgan fingerprint density at radius 3 is 2.88 bits per heavy atom. The molecule has 1 aliphatic heterocycles. The topological polar surface area (TPSA) is 72.0 Å². The number of nitrogens with zero attached hydrogens (tertiary/aromatic N) is 2. The largest absolute Gasteiger partial charge is 0.315 e. The number of aromatic nitrogens is 2. The van der Waals surface area contributed by atoms with Crippen molar-refractivity contribution in [3.05, 3.63) is 16.9 Å². The van der Waals surface area contributed by atoms with Crippen molar-refractivity contribution in [3.8, 4) is 0 Å². The van der Waals surface area contributed by atoms with Gasteiger partial charge in [0.15, 0.2) is 0 Å². The fraction of sp³-hybridized carbons (Fsp3) is 0.600. The Morgan fingerprint density at radius 1 is 1.53 bits per heavy atom. The summed E-state index contributed by atoms with van der Waals surface area (Å²) in [5.74, 6) is 0. The summed E-state index contributed by atoms with van der Waals surface area (Å²) < 4.78 is 24.5. The number of rotatable bonds is 2. The maximum Gasteiger partial charge on any atom is 0.248 e. The lowest BCUT2D eigenvalue weighted by atomic mass is 10.2. The summed E-state index contributed by atoms with van der Waals surface area (Å²) in [6.45, 7) is 3.06. The maximum absolute atomic E-state index is 12.2. The monoisotopic (exact) mass is 275 g/mol. The van der Waals surface area contributed by atoms with Gasteiger partial charge in [-0.3, -0.25) is 0 Å². The lowest BCUT2D eigenvalue weighted by Crippen LogP contribution is -2.39. The zero-order valence-corrected chi connectivity index (χ0v) is 11.1. The van der Waals surface area contributed by atoms with Crippen molar-refractivity contribution in [1.82, 2.24) is 15.3 Å². The molecule has 2 rings (SSSR count). The van der Waals surface area contributed by atoms with E-state index in [0.29, 0.717) is 18.5 Å². The molecule has 17 heavy (non-hydrogen) atoms. The van der Waals surface area contributed by atoms with Gasteiger partial charge in [-0.15, -0.1) is 0 Å². The van der Waals surface area contributed by atoms with Crippen LogP contribution in [0.2, 0.25) is 5.15 Å². The van der Waals surface area contributed by atoms with Crippen LogP contribution in [0, 0.1) is 6.92 Å². The lowest BCUT2D eigenvalue weighted by molar-refractivity contribution is 0.493. The highest BCUT2D eigenvalue weighted by molar-refractivity contribution is 7.91. The van der Waals surface area contributed by atoms with Crippen LogP contribution in [0.5, 0.6) is 0 Å². The van der Waals surface area contributed by atoms with Gasteiger partial charge >= 0.3 is 0 Å². The molecule has 0 radical (unpaired) electrons. The van der Waals surface area contributed by atoms with Gasteiger partial charge in [0.25, 0.3) is 0 Å². The minimum absolute atomic E-state index is 0.165. The molecule has 0 amide bonds. The Labute approximate surface area is 106 Å². The molecule has 0 unspecified atom stereocenters. The first-order chi connectivity index (χ1) is 8.01. The first-order valence-corrected chi connectivity index (χ1v) is 7.38. The Kier molecular flexibility index (Phi) is 3.65. The quantitative estimate of drug-likeness (QED) is 0.643. The minimum atomic E-state index is -3.47. The van der Waals surface area contributed by atoms with Crippen molar-refractivity contribution in [2.45, 2.75) is 30.2 Å². The third-order valence-corrected chi connectivity index (χ3v) is 5.20. The number of nitrogens with one attached hydrogen (secondary N) is 1. The van der Waals surface area contributed by atoms with Crippen LogP contribution in [0.15, 0.2) is 11.4 Å². The van der Waals surface area contributed by atoms with Gasteiger partial charge in [-0.1, -0.05) is 11.6 Å². The van der Waals surface area contributed by atoms with E-state index < -0.39 is 15.1 Å². The van der Waals surface area contributed by atoms with Crippen LogP contribution in [-0.4, -0.2) is 36.7 Å². The van der Waals surface area contributed by atoms with Gasteiger partial charge in [-0.2, -0.15) is 0 Å². The van der Waals surface area contributed by atoms with Crippen molar-refractivity contribution in [1.29, 1.82) is 0 Å². The number of aryl methyl sites for hydroxylation is 1. The molecule has 2 heterocycles. The van der Waals surface area contributed by atoms with Gasteiger partial charge in [0.2, 0.25) is 15.0 Å². The normalized spacial score (nSPS) is 21.4. The van der Waals surface area contributed by atoms with Crippen LogP contribution in [0.3, 0.4) is 0 Å². The molecule has 0 aliphatic carbocycles. The lowest BCUT2D eigenvalue weighted by Gasteiger charge is -2.21. The van der Waals surface area contributed by atoms with Crippen LogP contribution in [0.25, 0.3) is 0 Å². The Bertz CT molecular complexity index is 512. The van der Waals surface area contributed by atoms with Gasteiger partial charge < -0.3 is 5.32 Å². The van der Waals surface area contributed by atoms with Crippen molar-refractivity contribution in [3.63, 3.8) is 0 Å². The number of piperidine rings is 1. The van der Waals surface area contributed by atoms with Gasteiger partial charge in [0, 0.05) is 18.3 Å². The molecule has 1 N–H and O–H groups in total. The number of sulfone groups is 1. The molecular weight excluding hydrogens is 262 g/mol. The van der Waals surface area contributed by atoms with E-state index in [4.69, 9.17) is 11.6 Å². The van der Waals surface area contributed by atoms with E-state index in [0.717, 1.165) is 13.0 Å². The molecule has 7 heteroatoms. The number of halogens is 1. The molecule has 0 aromatic carbocycles. The highest BCUT2D eigenvalue weighted by Gasteiger charge is 2.31. The SMILES string of the molecule is Cc1cnc(S(=O)(=O)[C@@H]2CCCNC2)nc1Cl. The highest BCUT2D eigenvalue weighted by atomic mass is 35.5. The molecule has 0 saturated carbocycles. The molecule has 1 aromatic heterocycles. The zero-order valence-electron chi connectivity index (χ0n) is 9.48. The smallest absolute Gasteiger partial charge is 0.248 e. The fourth-order valence-electron chi connectivity index (χ4n) is 1.78. The summed E-state index contributed by atoms with van der Waals surface area (Å²) in [7, 11) is -3.47. The first kappa shape index (κ1) is 12.7. The van der Waals surface area contributed by atoms with Crippen molar-refractivity contribution >= 4 is 21.4 Å².